The molecule has 3 N–H and O–H groups in total. The standard InChI is InChI=1S/C6H6FN.BH3O3/c1-5-2-3-8-6(7)4-5;2-1(3)4/h2-4H,1H3;2-4H. The number of hydrogen-bond donors (Lipinski definition) is 3. The van der Waals surface area contributed by atoms with Crippen LogP contribution in [0.5, 0.6) is 0 Å². The van der Waals surface area contributed by atoms with Gasteiger partial charge in [0.05, 0.1) is 0 Å². The van der Waals surface area contributed by atoms with Gasteiger partial charge in [0, 0.05) is 6.20 Å². The van der Waals surface area contributed by atoms with E-state index < -0.39 is 13.3 Å². The highest BCUT2D eigenvalue weighted by molar-refractivity contribution is 6.30. The van der Waals surface area contributed by atoms with Crippen LogP contribution in [0.2, 0.25) is 0 Å². The first-order valence-electron chi connectivity index (χ1n) is 3.14. The van der Waals surface area contributed by atoms with E-state index in [4.69, 9.17) is 15.1 Å². The van der Waals surface area contributed by atoms with E-state index in [1.165, 1.54) is 12.3 Å². The summed E-state index contributed by atoms with van der Waals surface area (Å²) < 4.78 is 12.1. The van der Waals surface area contributed by atoms with Crippen molar-refractivity contribution in [1.82, 2.24) is 4.98 Å². The average Bonchev–Trinajstić information content (AvgIpc) is 1.84. The van der Waals surface area contributed by atoms with E-state index in [1.54, 1.807) is 6.07 Å². The lowest BCUT2D eigenvalue weighted by molar-refractivity contribution is 0.278. The van der Waals surface area contributed by atoms with Gasteiger partial charge >= 0.3 is 7.32 Å². The van der Waals surface area contributed by atoms with Gasteiger partial charge in [-0.1, -0.05) is 0 Å². The predicted molar refractivity (Wildman–Crippen MR) is 41.3 cm³/mol. The molecule has 0 aliphatic rings. The van der Waals surface area contributed by atoms with Gasteiger partial charge in [-0.15, -0.1) is 0 Å². The van der Waals surface area contributed by atoms with Crippen molar-refractivity contribution in [2.24, 2.45) is 0 Å². The molecule has 0 aliphatic heterocycles. The molecule has 1 aromatic heterocycles. The fourth-order valence-electron chi connectivity index (χ4n) is 0.499. The summed E-state index contributed by atoms with van der Waals surface area (Å²) in [6.07, 6.45) is 1.45. The number of aryl methyl sites for hydroxylation is 1. The molecule has 0 spiro atoms. The first-order valence-corrected chi connectivity index (χ1v) is 3.14. The Bertz CT molecular complexity index is 214. The molecule has 0 unspecified atom stereocenters. The highest BCUT2D eigenvalue weighted by Crippen LogP contribution is 1.95. The number of nitrogens with zero attached hydrogens (tertiary/aromatic N) is 1. The molecule has 6 heteroatoms. The maximum Gasteiger partial charge on any atom is 0.631 e. The zero-order valence-electron chi connectivity index (χ0n) is 6.48. The lowest BCUT2D eigenvalue weighted by Crippen LogP contribution is -2.07. The summed E-state index contributed by atoms with van der Waals surface area (Å²) >= 11 is 0. The second-order valence-electron chi connectivity index (χ2n) is 2.00. The fraction of sp³-hybridized carbons (Fsp3) is 0.167. The molecule has 0 fully saturated rings. The molecule has 0 aliphatic carbocycles. The number of hydrogen-bond acceptors (Lipinski definition) is 4. The van der Waals surface area contributed by atoms with Gasteiger partial charge in [-0.3, -0.25) is 0 Å². The van der Waals surface area contributed by atoms with E-state index >= 15 is 0 Å². The van der Waals surface area contributed by atoms with Crippen LogP contribution in [0.25, 0.3) is 0 Å². The number of halogens is 1. The largest absolute Gasteiger partial charge is 0.631 e. The van der Waals surface area contributed by atoms with Gasteiger partial charge < -0.3 is 15.1 Å². The maximum atomic E-state index is 12.1. The SMILES string of the molecule is Cc1ccnc(F)c1.OB(O)O. The molecule has 1 aromatic rings. The predicted octanol–water partition coefficient (Wildman–Crippen LogP) is -0.523. The second-order valence-corrected chi connectivity index (χ2v) is 2.00. The summed E-state index contributed by atoms with van der Waals surface area (Å²) in [6.45, 7) is 1.82. The molecular formula is C6H9BFNO3. The monoisotopic (exact) mass is 173 g/mol. The van der Waals surface area contributed by atoms with Crippen molar-refractivity contribution in [3.63, 3.8) is 0 Å². The van der Waals surface area contributed by atoms with Crippen LogP contribution in [0.4, 0.5) is 4.39 Å². The van der Waals surface area contributed by atoms with Gasteiger partial charge in [0.1, 0.15) is 0 Å². The van der Waals surface area contributed by atoms with E-state index in [-0.39, 0.29) is 0 Å². The Kier molecular flexibility index (Phi) is 5.19. The minimum atomic E-state index is -2.17. The van der Waals surface area contributed by atoms with Crippen molar-refractivity contribution >= 4 is 7.32 Å². The minimum absolute atomic E-state index is 0.412. The van der Waals surface area contributed by atoms with Crippen molar-refractivity contribution in [2.45, 2.75) is 6.92 Å². The van der Waals surface area contributed by atoms with Crippen molar-refractivity contribution < 1.29 is 19.5 Å². The molecule has 0 bridgehead atoms. The van der Waals surface area contributed by atoms with E-state index in [2.05, 4.69) is 4.98 Å². The quantitative estimate of drug-likeness (QED) is 0.364. The van der Waals surface area contributed by atoms with Gasteiger partial charge in [-0.25, -0.2) is 4.98 Å². The molecule has 4 nitrogen and oxygen atoms in total. The zero-order chi connectivity index (χ0) is 9.56. The first-order chi connectivity index (χ1) is 5.52. The topological polar surface area (TPSA) is 73.6 Å². The molecule has 0 aromatic carbocycles. The van der Waals surface area contributed by atoms with Gasteiger partial charge in [0.2, 0.25) is 5.95 Å². The lowest BCUT2D eigenvalue weighted by Gasteiger charge is -1.86. The lowest BCUT2D eigenvalue weighted by atomic mass is 10.3. The van der Waals surface area contributed by atoms with Crippen molar-refractivity contribution in [3.8, 4) is 0 Å². The highest BCUT2D eigenvalue weighted by Gasteiger charge is 1.92. The fourth-order valence-corrected chi connectivity index (χ4v) is 0.499. The van der Waals surface area contributed by atoms with Crippen LogP contribution < -0.4 is 0 Å². The summed E-state index contributed by atoms with van der Waals surface area (Å²) in [5.74, 6) is -0.412. The Hall–Kier alpha value is -0.975. The van der Waals surface area contributed by atoms with E-state index in [0.717, 1.165) is 5.56 Å². The number of pyridine rings is 1. The van der Waals surface area contributed by atoms with Crippen LogP contribution in [0.1, 0.15) is 5.56 Å². The Morgan fingerprint density at radius 2 is 1.92 bits per heavy atom. The molecule has 1 heterocycles. The second kappa shape index (κ2) is 5.65. The minimum Gasteiger partial charge on any atom is -0.402 e. The molecular weight excluding hydrogens is 164 g/mol. The van der Waals surface area contributed by atoms with E-state index in [1.807, 2.05) is 6.92 Å². The summed E-state index contributed by atoms with van der Waals surface area (Å²) in [5, 5.41) is 21.5. The Morgan fingerprint density at radius 1 is 1.42 bits per heavy atom. The van der Waals surface area contributed by atoms with Crippen molar-refractivity contribution in [1.29, 1.82) is 0 Å². The Morgan fingerprint density at radius 3 is 2.17 bits per heavy atom. The first kappa shape index (κ1) is 11.0. The summed E-state index contributed by atoms with van der Waals surface area (Å²) in [7, 11) is -2.17. The van der Waals surface area contributed by atoms with E-state index in [0.29, 0.717) is 0 Å². The summed E-state index contributed by atoms with van der Waals surface area (Å²) in [6, 6.07) is 3.14. The number of rotatable bonds is 0. The Labute approximate surface area is 69.5 Å². The molecule has 0 saturated heterocycles. The van der Waals surface area contributed by atoms with Gasteiger partial charge in [0.25, 0.3) is 0 Å². The van der Waals surface area contributed by atoms with Crippen LogP contribution in [-0.4, -0.2) is 27.4 Å². The van der Waals surface area contributed by atoms with Crippen LogP contribution in [0.15, 0.2) is 18.3 Å². The third-order valence-corrected chi connectivity index (χ3v) is 0.882. The van der Waals surface area contributed by atoms with Crippen molar-refractivity contribution in [3.05, 3.63) is 29.8 Å². The molecule has 1 rings (SSSR count). The average molecular weight is 173 g/mol. The molecule has 0 radical (unpaired) electrons. The molecule has 0 amide bonds. The highest BCUT2D eigenvalue weighted by atomic mass is 19.1. The summed E-state index contributed by atoms with van der Waals surface area (Å²) in [5.41, 5.74) is 0.900. The molecule has 0 atom stereocenters. The van der Waals surface area contributed by atoms with Crippen LogP contribution in [-0.2, 0) is 0 Å². The molecule has 0 saturated carbocycles. The maximum absolute atomic E-state index is 12.1. The van der Waals surface area contributed by atoms with E-state index in [9.17, 15) is 4.39 Å². The zero-order valence-corrected chi connectivity index (χ0v) is 6.48. The number of aromatic nitrogens is 1. The third kappa shape index (κ3) is 7.14. The molecule has 12 heavy (non-hydrogen) atoms. The third-order valence-electron chi connectivity index (χ3n) is 0.882. The molecule has 66 valence electrons. The van der Waals surface area contributed by atoms with Gasteiger partial charge in [-0.2, -0.15) is 4.39 Å². The van der Waals surface area contributed by atoms with Crippen molar-refractivity contribution in [2.75, 3.05) is 0 Å². The van der Waals surface area contributed by atoms with Gasteiger partial charge in [0.15, 0.2) is 0 Å². The van der Waals surface area contributed by atoms with Crippen LogP contribution in [0, 0.1) is 12.9 Å². The Balaban J connectivity index is 0.000000261. The van der Waals surface area contributed by atoms with Crippen LogP contribution >= 0.6 is 0 Å². The normalized spacial score (nSPS) is 8.42. The van der Waals surface area contributed by atoms with Crippen LogP contribution in [0.3, 0.4) is 0 Å². The van der Waals surface area contributed by atoms with Gasteiger partial charge in [-0.05, 0) is 24.6 Å². The summed E-state index contributed by atoms with van der Waals surface area (Å²) in [4.78, 5) is 3.37. The smallest absolute Gasteiger partial charge is 0.402 e.